The Labute approximate surface area is 132 Å². The minimum absolute atomic E-state index is 0.0693. The van der Waals surface area contributed by atoms with Crippen LogP contribution in [0.1, 0.15) is 82.2 Å². The molecule has 0 radical (unpaired) electrons. The van der Waals surface area contributed by atoms with Crippen LogP contribution in [0.25, 0.3) is 0 Å². The lowest BCUT2D eigenvalue weighted by Crippen LogP contribution is -2.45. The quantitative estimate of drug-likeness (QED) is 0.919. The number of carbonyl (C=O) groups excluding carboxylic acids is 1. The third-order valence-corrected chi connectivity index (χ3v) is 4.90. The van der Waals surface area contributed by atoms with Crippen molar-refractivity contribution in [3.63, 3.8) is 0 Å². The zero-order valence-electron chi connectivity index (χ0n) is 13.7. The first kappa shape index (κ1) is 15.4. The van der Waals surface area contributed by atoms with Crippen LogP contribution in [0, 0.1) is 0 Å². The van der Waals surface area contributed by atoms with Crippen molar-refractivity contribution in [1.82, 2.24) is 15.4 Å². The first-order valence-corrected chi connectivity index (χ1v) is 8.69. The van der Waals surface area contributed by atoms with Crippen molar-refractivity contribution in [2.75, 3.05) is 6.54 Å². The van der Waals surface area contributed by atoms with E-state index in [2.05, 4.69) is 24.3 Å². The Morgan fingerprint density at radius 1 is 1.27 bits per heavy atom. The Hall–Kier alpha value is -1.52. The summed E-state index contributed by atoms with van der Waals surface area (Å²) in [4.78, 5) is 14.5. The normalized spacial score (nSPS) is 23.2. The van der Waals surface area contributed by atoms with Gasteiger partial charge in [-0.2, -0.15) is 0 Å². The SMILES string of the molecule is CC(C)c1cc([C@@H]2CCCN2C(=O)NC2CCCCC2)no1. The van der Waals surface area contributed by atoms with Crippen LogP contribution >= 0.6 is 0 Å². The predicted octanol–water partition coefficient (Wildman–Crippen LogP) is 3.98. The van der Waals surface area contributed by atoms with Gasteiger partial charge in [-0.25, -0.2) is 4.79 Å². The summed E-state index contributed by atoms with van der Waals surface area (Å²) in [5.74, 6) is 1.22. The fourth-order valence-corrected chi connectivity index (χ4v) is 3.55. The van der Waals surface area contributed by atoms with E-state index in [9.17, 15) is 4.79 Å². The third kappa shape index (κ3) is 3.28. The third-order valence-electron chi connectivity index (χ3n) is 4.90. The fourth-order valence-electron chi connectivity index (χ4n) is 3.55. The highest BCUT2D eigenvalue weighted by molar-refractivity contribution is 5.75. The summed E-state index contributed by atoms with van der Waals surface area (Å²) in [5, 5.41) is 7.42. The number of rotatable bonds is 3. The summed E-state index contributed by atoms with van der Waals surface area (Å²) in [6, 6.07) is 2.51. The molecule has 2 fully saturated rings. The van der Waals surface area contributed by atoms with Crippen molar-refractivity contribution in [2.24, 2.45) is 0 Å². The number of hydrogen-bond donors (Lipinski definition) is 1. The number of nitrogens with zero attached hydrogens (tertiary/aromatic N) is 2. The number of aromatic nitrogens is 1. The summed E-state index contributed by atoms with van der Waals surface area (Å²) in [6.07, 6.45) is 8.01. The van der Waals surface area contributed by atoms with Crippen LogP contribution in [0.4, 0.5) is 4.79 Å². The van der Waals surface area contributed by atoms with Crippen LogP contribution in [0.2, 0.25) is 0 Å². The number of nitrogens with one attached hydrogen (secondary N) is 1. The molecule has 1 saturated heterocycles. The highest BCUT2D eigenvalue weighted by atomic mass is 16.5. The van der Waals surface area contributed by atoms with E-state index in [4.69, 9.17) is 4.52 Å². The molecule has 1 aromatic rings. The van der Waals surface area contributed by atoms with Crippen molar-refractivity contribution in [1.29, 1.82) is 0 Å². The molecule has 2 heterocycles. The second-order valence-electron chi connectivity index (χ2n) is 6.94. The lowest BCUT2D eigenvalue weighted by Gasteiger charge is -2.28. The van der Waals surface area contributed by atoms with E-state index in [1.807, 2.05) is 11.0 Å². The van der Waals surface area contributed by atoms with E-state index in [-0.39, 0.29) is 12.1 Å². The van der Waals surface area contributed by atoms with Crippen molar-refractivity contribution >= 4 is 6.03 Å². The number of amides is 2. The molecule has 1 N–H and O–H groups in total. The minimum Gasteiger partial charge on any atom is -0.361 e. The zero-order valence-corrected chi connectivity index (χ0v) is 13.7. The molecule has 1 aliphatic carbocycles. The molecule has 2 amide bonds. The standard InChI is InChI=1S/C17H27N3O2/c1-12(2)16-11-14(19-22-16)15-9-6-10-20(15)17(21)18-13-7-4-3-5-8-13/h11-13,15H,3-10H2,1-2H3,(H,18,21)/t15-/m0/s1. The maximum atomic E-state index is 12.6. The molecule has 0 unspecified atom stereocenters. The van der Waals surface area contributed by atoms with Crippen LogP contribution in [-0.2, 0) is 0 Å². The Bertz CT molecular complexity index is 506. The summed E-state index contributed by atoms with van der Waals surface area (Å²) in [7, 11) is 0. The molecule has 5 heteroatoms. The number of carbonyl (C=O) groups is 1. The van der Waals surface area contributed by atoms with Crippen LogP contribution in [-0.4, -0.2) is 28.7 Å². The maximum absolute atomic E-state index is 12.6. The van der Waals surface area contributed by atoms with Gasteiger partial charge in [-0.05, 0) is 25.7 Å². The smallest absolute Gasteiger partial charge is 0.318 e. The zero-order chi connectivity index (χ0) is 15.5. The van der Waals surface area contributed by atoms with Crippen LogP contribution in [0.3, 0.4) is 0 Å². The molecule has 0 spiro atoms. The highest BCUT2D eigenvalue weighted by Gasteiger charge is 2.33. The van der Waals surface area contributed by atoms with Gasteiger partial charge in [0.05, 0.1) is 6.04 Å². The number of likely N-dealkylation sites (tertiary alicyclic amines) is 1. The van der Waals surface area contributed by atoms with Gasteiger partial charge < -0.3 is 14.7 Å². The number of urea groups is 1. The second-order valence-corrected chi connectivity index (χ2v) is 6.94. The van der Waals surface area contributed by atoms with E-state index in [0.717, 1.165) is 43.7 Å². The van der Waals surface area contributed by atoms with E-state index in [1.165, 1.54) is 19.3 Å². The van der Waals surface area contributed by atoms with E-state index < -0.39 is 0 Å². The summed E-state index contributed by atoms with van der Waals surface area (Å²) in [5.41, 5.74) is 0.903. The first-order valence-electron chi connectivity index (χ1n) is 8.69. The molecule has 5 nitrogen and oxygen atoms in total. The fraction of sp³-hybridized carbons (Fsp3) is 0.765. The average molecular weight is 305 g/mol. The lowest BCUT2D eigenvalue weighted by atomic mass is 9.96. The predicted molar refractivity (Wildman–Crippen MR) is 84.7 cm³/mol. The molecule has 1 aromatic heterocycles. The summed E-state index contributed by atoms with van der Waals surface area (Å²) < 4.78 is 5.41. The topological polar surface area (TPSA) is 58.4 Å². The van der Waals surface area contributed by atoms with Gasteiger partial charge in [-0.3, -0.25) is 0 Å². The first-order chi connectivity index (χ1) is 10.6. The minimum atomic E-state index is 0.0693. The van der Waals surface area contributed by atoms with Crippen molar-refractivity contribution in [3.8, 4) is 0 Å². The highest BCUT2D eigenvalue weighted by Crippen LogP contribution is 2.33. The molecule has 22 heavy (non-hydrogen) atoms. The molecule has 1 atom stereocenters. The van der Waals surface area contributed by atoms with Crippen LogP contribution in [0.15, 0.2) is 10.6 Å². The summed E-state index contributed by atoms with van der Waals surface area (Å²) >= 11 is 0. The molecule has 3 rings (SSSR count). The van der Waals surface area contributed by atoms with Crippen LogP contribution < -0.4 is 5.32 Å². The van der Waals surface area contributed by atoms with Crippen molar-refractivity contribution < 1.29 is 9.32 Å². The van der Waals surface area contributed by atoms with E-state index >= 15 is 0 Å². The Balaban J connectivity index is 1.65. The second kappa shape index (κ2) is 6.71. The van der Waals surface area contributed by atoms with Gasteiger partial charge in [0.25, 0.3) is 0 Å². The van der Waals surface area contributed by atoms with E-state index in [0.29, 0.717) is 12.0 Å². The summed E-state index contributed by atoms with van der Waals surface area (Å²) in [6.45, 7) is 4.99. The van der Waals surface area contributed by atoms with Crippen molar-refractivity contribution in [3.05, 3.63) is 17.5 Å². The maximum Gasteiger partial charge on any atom is 0.318 e. The van der Waals surface area contributed by atoms with Crippen molar-refractivity contribution in [2.45, 2.75) is 76.8 Å². The van der Waals surface area contributed by atoms with Gasteiger partial charge in [0.1, 0.15) is 11.5 Å². The van der Waals surface area contributed by atoms with Gasteiger partial charge in [0, 0.05) is 24.6 Å². The van der Waals surface area contributed by atoms with Gasteiger partial charge in [-0.15, -0.1) is 0 Å². The Kier molecular flexibility index (Phi) is 4.69. The molecule has 0 aromatic carbocycles. The number of hydrogen-bond acceptors (Lipinski definition) is 3. The lowest BCUT2D eigenvalue weighted by molar-refractivity contribution is 0.183. The monoisotopic (exact) mass is 305 g/mol. The molecule has 1 aliphatic heterocycles. The average Bonchev–Trinajstić information content (AvgIpc) is 3.17. The Morgan fingerprint density at radius 2 is 2.05 bits per heavy atom. The van der Waals surface area contributed by atoms with Gasteiger partial charge in [0.2, 0.25) is 0 Å². The molecule has 122 valence electrons. The largest absolute Gasteiger partial charge is 0.361 e. The van der Waals surface area contributed by atoms with Gasteiger partial charge in [0.15, 0.2) is 0 Å². The van der Waals surface area contributed by atoms with Gasteiger partial charge in [-0.1, -0.05) is 38.3 Å². The molecular weight excluding hydrogens is 278 g/mol. The van der Waals surface area contributed by atoms with E-state index in [1.54, 1.807) is 0 Å². The molecule has 2 aliphatic rings. The van der Waals surface area contributed by atoms with Crippen LogP contribution in [0.5, 0.6) is 0 Å². The molecular formula is C17H27N3O2. The molecule has 1 saturated carbocycles. The van der Waals surface area contributed by atoms with Gasteiger partial charge >= 0.3 is 6.03 Å². The Morgan fingerprint density at radius 3 is 2.73 bits per heavy atom. The molecule has 0 bridgehead atoms.